The number of quaternary nitrogens is 1. The van der Waals surface area contributed by atoms with E-state index in [1.54, 1.807) is 6.07 Å². The fraction of sp³-hybridized carbons (Fsp3) is 0.350. The van der Waals surface area contributed by atoms with Gasteiger partial charge in [0.2, 0.25) is 0 Å². The molecule has 4 nitrogen and oxygen atoms in total. The van der Waals surface area contributed by atoms with Crippen LogP contribution in [0.15, 0.2) is 54.6 Å². The Balaban J connectivity index is 0.00000225. The molecule has 1 heterocycles. The largest absolute Gasteiger partial charge is 1.00 e. The van der Waals surface area contributed by atoms with Crippen LogP contribution in [0.2, 0.25) is 0 Å². The van der Waals surface area contributed by atoms with Crippen molar-refractivity contribution in [2.24, 2.45) is 0 Å². The van der Waals surface area contributed by atoms with Crippen LogP contribution < -0.4 is 12.4 Å². The Hall–Kier alpha value is -1.88. The van der Waals surface area contributed by atoms with Crippen molar-refractivity contribution in [3.05, 3.63) is 60.2 Å². The van der Waals surface area contributed by atoms with E-state index >= 15 is 0 Å². The summed E-state index contributed by atoms with van der Waals surface area (Å²) < 4.78 is 6.39. The number of rotatable bonds is 4. The number of nitrogens with zero attached hydrogens (tertiary/aromatic N) is 1. The zero-order valence-electron chi connectivity index (χ0n) is 14.6. The number of carbonyl (C=O) groups is 1. The van der Waals surface area contributed by atoms with Crippen LogP contribution in [-0.2, 0) is 9.53 Å². The first-order chi connectivity index (χ1) is 11.5. The fourth-order valence-corrected chi connectivity index (χ4v) is 3.30. The molecule has 0 saturated carbocycles. The topological polar surface area (TPSA) is 46.5 Å². The highest BCUT2D eigenvalue weighted by atomic mass is 35.5. The van der Waals surface area contributed by atoms with E-state index < -0.39 is 12.1 Å². The molecule has 1 N–H and O–H groups in total. The van der Waals surface area contributed by atoms with Crippen molar-refractivity contribution in [3.8, 4) is 11.1 Å². The van der Waals surface area contributed by atoms with E-state index in [2.05, 4.69) is 14.1 Å². The van der Waals surface area contributed by atoms with Crippen molar-refractivity contribution in [3.63, 3.8) is 0 Å². The molecule has 1 aliphatic heterocycles. The second kappa shape index (κ2) is 8.00. The van der Waals surface area contributed by atoms with Gasteiger partial charge >= 0.3 is 5.97 Å². The van der Waals surface area contributed by atoms with Crippen LogP contribution in [0.4, 0.5) is 0 Å². The number of hydrogen-bond acceptors (Lipinski definition) is 3. The van der Waals surface area contributed by atoms with Crippen LogP contribution >= 0.6 is 0 Å². The lowest BCUT2D eigenvalue weighted by molar-refractivity contribution is -0.879. The van der Waals surface area contributed by atoms with Gasteiger partial charge in [0.15, 0.2) is 12.2 Å². The van der Waals surface area contributed by atoms with Crippen LogP contribution in [0.3, 0.4) is 0 Å². The molecule has 3 rings (SSSR count). The van der Waals surface area contributed by atoms with Crippen molar-refractivity contribution < 1.29 is 31.5 Å². The predicted octanol–water partition coefficient (Wildman–Crippen LogP) is -0.217. The summed E-state index contributed by atoms with van der Waals surface area (Å²) in [7, 11) is 4.24. The quantitative estimate of drug-likeness (QED) is 0.605. The molecule has 5 heteroatoms. The van der Waals surface area contributed by atoms with Crippen molar-refractivity contribution in [1.82, 2.24) is 0 Å². The third kappa shape index (κ3) is 4.60. The standard InChI is InChI=1S/C20H24NO3.ClH/c1-21(2)13-12-16(14-21)24-20(23)19(22)18-11-7-6-10-17(18)15-8-4-3-5-9-15;/h3-11,16,19,22H,12-14H2,1-2H3;1H/q+1;/p-1. The maximum Gasteiger partial charge on any atom is 0.340 e. The first kappa shape index (κ1) is 19.4. The first-order valence-corrected chi connectivity index (χ1v) is 8.31. The number of carbonyl (C=O) groups excluding carboxylic acids is 1. The number of ether oxygens (including phenoxy) is 1. The molecule has 1 fully saturated rings. The summed E-state index contributed by atoms with van der Waals surface area (Å²) in [4.78, 5) is 12.4. The van der Waals surface area contributed by atoms with Gasteiger partial charge < -0.3 is 26.7 Å². The molecule has 0 aliphatic carbocycles. The minimum Gasteiger partial charge on any atom is -1.00 e. The molecular weight excluding hydrogens is 338 g/mol. The maximum atomic E-state index is 12.4. The highest BCUT2D eigenvalue weighted by molar-refractivity contribution is 5.81. The van der Waals surface area contributed by atoms with Gasteiger partial charge in [0, 0.05) is 6.42 Å². The van der Waals surface area contributed by atoms with Gasteiger partial charge in [-0.2, -0.15) is 0 Å². The van der Waals surface area contributed by atoms with Gasteiger partial charge in [-0.15, -0.1) is 0 Å². The summed E-state index contributed by atoms with van der Waals surface area (Å²) in [6.07, 6.45) is -0.546. The Morgan fingerprint density at radius 3 is 2.40 bits per heavy atom. The van der Waals surface area contributed by atoms with E-state index in [4.69, 9.17) is 4.74 Å². The van der Waals surface area contributed by atoms with Crippen LogP contribution in [0.25, 0.3) is 11.1 Å². The smallest absolute Gasteiger partial charge is 0.340 e. The average molecular weight is 362 g/mol. The Morgan fingerprint density at radius 2 is 1.76 bits per heavy atom. The lowest BCUT2D eigenvalue weighted by atomic mass is 9.96. The van der Waals surface area contributed by atoms with Gasteiger partial charge in [-0.3, -0.25) is 0 Å². The van der Waals surface area contributed by atoms with Gasteiger partial charge in [0.25, 0.3) is 0 Å². The Labute approximate surface area is 155 Å². The number of aliphatic hydroxyl groups excluding tert-OH is 1. The summed E-state index contributed by atoms with van der Waals surface area (Å²) in [5, 5.41) is 10.5. The van der Waals surface area contributed by atoms with Crippen molar-refractivity contribution in [2.45, 2.75) is 18.6 Å². The number of aliphatic hydroxyl groups is 1. The number of hydrogen-bond donors (Lipinski definition) is 1. The lowest BCUT2D eigenvalue weighted by Crippen LogP contribution is -3.00. The molecule has 1 saturated heterocycles. The fourth-order valence-electron chi connectivity index (χ4n) is 3.30. The van der Waals surface area contributed by atoms with Gasteiger partial charge in [-0.25, -0.2) is 4.79 Å². The average Bonchev–Trinajstić information content (AvgIpc) is 2.93. The van der Waals surface area contributed by atoms with E-state index in [1.165, 1.54) is 0 Å². The van der Waals surface area contributed by atoms with E-state index in [-0.39, 0.29) is 18.5 Å². The molecule has 0 amide bonds. The first-order valence-electron chi connectivity index (χ1n) is 8.31. The van der Waals surface area contributed by atoms with E-state index in [9.17, 15) is 9.90 Å². The van der Waals surface area contributed by atoms with Crippen molar-refractivity contribution in [2.75, 3.05) is 27.2 Å². The Morgan fingerprint density at radius 1 is 1.12 bits per heavy atom. The van der Waals surface area contributed by atoms with Gasteiger partial charge in [0.05, 0.1) is 20.6 Å². The summed E-state index contributed by atoms with van der Waals surface area (Å²) in [6, 6.07) is 17.2. The van der Waals surface area contributed by atoms with E-state index in [0.29, 0.717) is 5.56 Å². The van der Waals surface area contributed by atoms with Crippen LogP contribution in [-0.4, -0.2) is 48.8 Å². The minimum absolute atomic E-state index is 0. The van der Waals surface area contributed by atoms with Crippen LogP contribution in [0.5, 0.6) is 0 Å². The van der Waals surface area contributed by atoms with Crippen LogP contribution in [0, 0.1) is 0 Å². The molecule has 1 aliphatic rings. The highest BCUT2D eigenvalue weighted by Crippen LogP contribution is 2.29. The number of esters is 1. The molecule has 25 heavy (non-hydrogen) atoms. The summed E-state index contributed by atoms with van der Waals surface area (Å²) in [5.41, 5.74) is 2.41. The maximum absolute atomic E-state index is 12.4. The number of benzene rings is 2. The molecule has 134 valence electrons. The summed E-state index contributed by atoms with van der Waals surface area (Å²) in [5.74, 6) is -0.565. The van der Waals surface area contributed by atoms with Gasteiger partial charge in [-0.1, -0.05) is 54.6 Å². The van der Waals surface area contributed by atoms with Crippen LogP contribution in [0.1, 0.15) is 18.1 Å². The second-order valence-electron chi connectivity index (χ2n) is 7.05. The molecule has 2 aromatic rings. The molecule has 0 bridgehead atoms. The van der Waals surface area contributed by atoms with Crippen molar-refractivity contribution in [1.29, 1.82) is 0 Å². The second-order valence-corrected chi connectivity index (χ2v) is 7.05. The molecular formula is C20H24ClNO3. The number of halogens is 1. The SMILES string of the molecule is C[N+]1(C)CCC(OC(=O)C(O)c2ccccc2-c2ccccc2)C1.[Cl-]. The van der Waals surface area contributed by atoms with E-state index in [0.717, 1.165) is 35.1 Å². The highest BCUT2D eigenvalue weighted by Gasteiger charge is 2.35. The predicted molar refractivity (Wildman–Crippen MR) is 93.2 cm³/mol. The Kier molecular flexibility index (Phi) is 6.22. The molecule has 0 radical (unpaired) electrons. The zero-order chi connectivity index (χ0) is 17.2. The normalized spacial score (nSPS) is 19.7. The molecule has 0 spiro atoms. The third-order valence-electron chi connectivity index (χ3n) is 4.60. The molecule has 2 unspecified atom stereocenters. The Bertz CT molecular complexity index is 718. The molecule has 0 aromatic heterocycles. The minimum atomic E-state index is -1.27. The molecule has 2 aromatic carbocycles. The monoisotopic (exact) mass is 361 g/mol. The van der Waals surface area contributed by atoms with Gasteiger partial charge in [0.1, 0.15) is 6.54 Å². The van der Waals surface area contributed by atoms with E-state index in [1.807, 2.05) is 48.5 Å². The number of likely N-dealkylation sites (tertiary alicyclic amines) is 1. The zero-order valence-corrected chi connectivity index (χ0v) is 15.3. The van der Waals surface area contributed by atoms with Gasteiger partial charge in [-0.05, 0) is 16.7 Å². The summed E-state index contributed by atoms with van der Waals surface area (Å²) >= 11 is 0. The molecule has 2 atom stereocenters. The lowest BCUT2D eigenvalue weighted by Gasteiger charge is -2.23. The summed E-state index contributed by atoms with van der Waals surface area (Å²) in [6.45, 7) is 1.77. The van der Waals surface area contributed by atoms with Crippen molar-refractivity contribution >= 4 is 5.97 Å². The third-order valence-corrected chi connectivity index (χ3v) is 4.60. The number of likely N-dealkylation sites (N-methyl/N-ethyl adjacent to an activating group) is 1.